The van der Waals surface area contributed by atoms with Crippen LogP contribution in [0.4, 0.5) is 17.1 Å². The molecule has 4 heterocycles. The van der Waals surface area contributed by atoms with Crippen molar-refractivity contribution in [2.24, 2.45) is 5.41 Å². The Balaban J connectivity index is 0.984. The van der Waals surface area contributed by atoms with Gasteiger partial charge in [0.05, 0.1) is 31.4 Å². The molecule has 4 atom stereocenters. The third-order valence-electron chi connectivity index (χ3n) is 13.1. The van der Waals surface area contributed by atoms with Crippen molar-refractivity contribution >= 4 is 34.8 Å². The average molecular weight is 850 g/mol. The Morgan fingerprint density at radius 2 is 1.19 bits per heavy atom. The fourth-order valence-electron chi connectivity index (χ4n) is 9.66. The van der Waals surface area contributed by atoms with Crippen LogP contribution < -0.4 is 28.9 Å². The summed E-state index contributed by atoms with van der Waals surface area (Å²) in [7, 11) is 3.32. The quantitative estimate of drug-likeness (QED) is 0.145. The standard InChI is InChI=1S/C52H55N3O8/c1-30-17-38-35(23-44(56)42-21-33-11-7-9-13-40(33)54(42)50(38)59)25-46(30)62-28-31-18-32(20-37(19-31)53(5)49(58)15-16-52(2,3)4)29-63-48-26-36-24-45(57)43-22-34-12-8-10-14-41(34)55(43)51(60)39(36)27-47(48)61-6/h7-14,17-20,25-27,42-45,56-57H,15-16,21-24,28-29H2,1-6H3/t42-,43-,44?,45?/m0/s1. The summed E-state index contributed by atoms with van der Waals surface area (Å²) in [5, 5.41) is 22.8. The Hall–Kier alpha value is -6.17. The SMILES string of the molecule is COc1cc2c(cc1OCc1cc(COc3cc4c(cc3C)C(=O)N3c5ccccc5C[C@H]3C(O)C4)cc(N(C)C(=O)CCC(C)(C)C)c1)CC(O)[C@@H]1Cc3ccccc3N1C2=O. The number of nitrogens with zero attached hydrogens (tertiary/aromatic N) is 3. The monoisotopic (exact) mass is 849 g/mol. The highest BCUT2D eigenvalue weighted by atomic mass is 16.5. The number of aliphatic hydroxyl groups excluding tert-OH is 2. The van der Waals surface area contributed by atoms with Crippen molar-refractivity contribution < 1.29 is 38.8 Å². The van der Waals surface area contributed by atoms with Gasteiger partial charge in [-0.25, -0.2) is 0 Å². The summed E-state index contributed by atoms with van der Waals surface area (Å²) in [4.78, 5) is 46.9. The summed E-state index contributed by atoms with van der Waals surface area (Å²) < 4.78 is 18.8. The van der Waals surface area contributed by atoms with E-state index in [0.717, 1.165) is 51.2 Å². The molecule has 63 heavy (non-hydrogen) atoms. The summed E-state index contributed by atoms with van der Waals surface area (Å²) >= 11 is 0. The lowest BCUT2D eigenvalue weighted by atomic mass is 9.90. The molecule has 4 aliphatic heterocycles. The van der Waals surface area contributed by atoms with Crippen LogP contribution in [-0.2, 0) is 43.7 Å². The van der Waals surface area contributed by atoms with E-state index in [9.17, 15) is 24.6 Å². The molecule has 2 N–H and O–H groups in total. The van der Waals surface area contributed by atoms with E-state index in [2.05, 4.69) is 20.8 Å². The molecule has 0 aliphatic carbocycles. The fourth-order valence-corrected chi connectivity index (χ4v) is 9.66. The zero-order valence-corrected chi connectivity index (χ0v) is 36.8. The van der Waals surface area contributed by atoms with E-state index in [1.807, 2.05) is 85.8 Å². The summed E-state index contributed by atoms with van der Waals surface area (Å²) in [6, 6.07) is 28.0. The molecule has 326 valence electrons. The highest BCUT2D eigenvalue weighted by Gasteiger charge is 2.43. The van der Waals surface area contributed by atoms with E-state index in [4.69, 9.17) is 14.2 Å². The maximum atomic E-state index is 14.1. The topological polar surface area (TPSA) is 129 Å². The van der Waals surface area contributed by atoms with Crippen LogP contribution in [0.3, 0.4) is 0 Å². The molecule has 4 aliphatic rings. The lowest BCUT2D eigenvalue weighted by Gasteiger charge is -2.26. The van der Waals surface area contributed by atoms with Crippen LogP contribution in [0.2, 0.25) is 0 Å². The summed E-state index contributed by atoms with van der Waals surface area (Å²) in [6.45, 7) is 8.54. The maximum absolute atomic E-state index is 14.1. The van der Waals surface area contributed by atoms with Crippen LogP contribution in [-0.4, -0.2) is 66.4 Å². The van der Waals surface area contributed by atoms with Gasteiger partial charge in [-0.3, -0.25) is 14.4 Å². The second kappa shape index (κ2) is 16.5. The first-order valence-electron chi connectivity index (χ1n) is 21.9. The van der Waals surface area contributed by atoms with Gasteiger partial charge in [0.15, 0.2) is 11.5 Å². The minimum atomic E-state index is -0.780. The molecular weight excluding hydrogens is 795 g/mol. The molecule has 3 amide bonds. The Morgan fingerprint density at radius 1 is 0.683 bits per heavy atom. The largest absolute Gasteiger partial charge is 0.493 e. The fraction of sp³-hybridized carbons (Fsp3) is 0.365. The lowest BCUT2D eigenvalue weighted by molar-refractivity contribution is -0.118. The number of methoxy groups -OCH3 is 1. The molecule has 0 aromatic heterocycles. The highest BCUT2D eigenvalue weighted by molar-refractivity contribution is 6.10. The van der Waals surface area contributed by atoms with Gasteiger partial charge in [-0.2, -0.15) is 0 Å². The van der Waals surface area contributed by atoms with Gasteiger partial charge in [-0.05, 0) is 125 Å². The predicted octanol–water partition coefficient (Wildman–Crippen LogP) is 7.93. The van der Waals surface area contributed by atoms with Crippen LogP contribution in [0.1, 0.15) is 93.3 Å². The van der Waals surface area contributed by atoms with Crippen molar-refractivity contribution in [3.63, 3.8) is 0 Å². The molecule has 11 nitrogen and oxygen atoms in total. The van der Waals surface area contributed by atoms with Gasteiger partial charge in [-0.15, -0.1) is 0 Å². The number of anilines is 3. The minimum Gasteiger partial charge on any atom is -0.493 e. The number of para-hydroxylation sites is 2. The van der Waals surface area contributed by atoms with Gasteiger partial charge in [0.2, 0.25) is 5.91 Å². The third-order valence-corrected chi connectivity index (χ3v) is 13.1. The summed E-state index contributed by atoms with van der Waals surface area (Å²) in [5.74, 6) is 1.10. The summed E-state index contributed by atoms with van der Waals surface area (Å²) in [6.07, 6.45) is 1.36. The number of ether oxygens (including phenoxy) is 3. The van der Waals surface area contributed by atoms with E-state index in [1.54, 1.807) is 33.9 Å². The van der Waals surface area contributed by atoms with Gasteiger partial charge in [-0.1, -0.05) is 57.2 Å². The van der Waals surface area contributed by atoms with Crippen molar-refractivity contribution in [2.75, 3.05) is 28.9 Å². The van der Waals surface area contributed by atoms with Crippen LogP contribution >= 0.6 is 0 Å². The number of aliphatic hydroxyl groups is 2. The van der Waals surface area contributed by atoms with E-state index >= 15 is 0 Å². The normalized spacial score (nSPS) is 19.8. The Labute approximate surface area is 368 Å². The Kier molecular flexibility index (Phi) is 11.0. The molecule has 0 saturated heterocycles. The number of carbonyl (C=O) groups is 3. The molecule has 0 fully saturated rings. The highest BCUT2D eigenvalue weighted by Crippen LogP contribution is 2.42. The van der Waals surface area contributed by atoms with Crippen molar-refractivity contribution in [1.82, 2.24) is 0 Å². The number of benzene rings is 5. The first-order chi connectivity index (χ1) is 30.2. The molecule has 0 radical (unpaired) electrons. The molecule has 2 unspecified atom stereocenters. The minimum absolute atomic E-state index is 0.00743. The van der Waals surface area contributed by atoms with Gasteiger partial charge in [0, 0.05) is 54.5 Å². The van der Waals surface area contributed by atoms with Crippen molar-refractivity contribution in [1.29, 1.82) is 0 Å². The second-order valence-corrected chi connectivity index (χ2v) is 18.7. The van der Waals surface area contributed by atoms with Gasteiger partial charge < -0.3 is 39.1 Å². The number of hydrogen-bond donors (Lipinski definition) is 2. The maximum Gasteiger partial charge on any atom is 0.259 e. The van der Waals surface area contributed by atoms with E-state index in [1.165, 1.54) is 7.11 Å². The number of fused-ring (bicyclic) bond motifs is 8. The van der Waals surface area contributed by atoms with Gasteiger partial charge in [0.25, 0.3) is 11.8 Å². The molecular formula is C52H55N3O8. The smallest absolute Gasteiger partial charge is 0.259 e. The predicted molar refractivity (Wildman–Crippen MR) is 242 cm³/mol. The number of rotatable bonds is 10. The van der Waals surface area contributed by atoms with Crippen LogP contribution in [0.15, 0.2) is 91.0 Å². The average Bonchev–Trinajstić information content (AvgIpc) is 3.81. The van der Waals surface area contributed by atoms with Gasteiger partial charge >= 0.3 is 0 Å². The lowest BCUT2D eigenvalue weighted by Crippen LogP contribution is -2.43. The number of amides is 3. The van der Waals surface area contributed by atoms with E-state index in [-0.39, 0.29) is 54.9 Å². The van der Waals surface area contributed by atoms with E-state index in [0.29, 0.717) is 65.3 Å². The molecule has 9 rings (SSSR count). The molecule has 0 spiro atoms. The van der Waals surface area contributed by atoms with Crippen molar-refractivity contribution in [3.05, 3.63) is 141 Å². The summed E-state index contributed by atoms with van der Waals surface area (Å²) in [5.41, 5.74) is 9.25. The Bertz CT molecular complexity index is 2630. The Morgan fingerprint density at radius 3 is 1.73 bits per heavy atom. The molecule has 0 saturated carbocycles. The van der Waals surface area contributed by atoms with Crippen LogP contribution in [0.5, 0.6) is 17.2 Å². The van der Waals surface area contributed by atoms with Gasteiger partial charge in [0.1, 0.15) is 19.0 Å². The molecule has 5 aromatic rings. The second-order valence-electron chi connectivity index (χ2n) is 18.7. The van der Waals surface area contributed by atoms with Crippen molar-refractivity contribution in [2.45, 2.75) is 104 Å². The number of hydrogen-bond acceptors (Lipinski definition) is 8. The zero-order chi connectivity index (χ0) is 44.3. The van der Waals surface area contributed by atoms with Crippen LogP contribution in [0, 0.1) is 12.3 Å². The van der Waals surface area contributed by atoms with Crippen LogP contribution in [0.25, 0.3) is 0 Å². The molecule has 0 bridgehead atoms. The number of aryl methyl sites for hydroxylation is 1. The third kappa shape index (κ3) is 8.04. The number of carbonyl (C=O) groups excluding carboxylic acids is 3. The first kappa shape index (κ1) is 42.1. The zero-order valence-electron chi connectivity index (χ0n) is 36.8. The molecule has 5 aromatic carbocycles. The van der Waals surface area contributed by atoms with E-state index < -0.39 is 12.2 Å². The molecule has 11 heteroatoms. The first-order valence-corrected chi connectivity index (χ1v) is 21.9. The van der Waals surface area contributed by atoms with Crippen molar-refractivity contribution in [3.8, 4) is 17.2 Å².